The molecule has 0 spiro atoms. The van der Waals surface area contributed by atoms with Crippen molar-refractivity contribution in [2.45, 2.75) is 30.2 Å². The van der Waals surface area contributed by atoms with Gasteiger partial charge in [0.2, 0.25) is 0 Å². The van der Waals surface area contributed by atoms with Gasteiger partial charge < -0.3 is 4.57 Å². The van der Waals surface area contributed by atoms with Crippen molar-refractivity contribution in [3.05, 3.63) is 48.0 Å². The Bertz CT molecular complexity index is 751. The summed E-state index contributed by atoms with van der Waals surface area (Å²) in [5.74, 6) is 2.08. The predicted octanol–water partition coefficient (Wildman–Crippen LogP) is 3.06. The molecule has 0 unspecified atom stereocenters. The van der Waals surface area contributed by atoms with E-state index in [1.54, 1.807) is 18.1 Å². The Morgan fingerprint density at radius 2 is 2.05 bits per heavy atom. The van der Waals surface area contributed by atoms with E-state index in [9.17, 15) is 0 Å². The first-order chi connectivity index (χ1) is 9.92. The average molecular weight is 282 g/mol. The van der Waals surface area contributed by atoms with Crippen LogP contribution in [-0.2, 0) is 18.7 Å². The summed E-state index contributed by atoms with van der Waals surface area (Å²) in [6.07, 6.45) is 3.85. The van der Waals surface area contributed by atoms with Crippen LogP contribution in [0, 0.1) is 0 Å². The highest BCUT2D eigenvalue weighted by Gasteiger charge is 2.20. The minimum absolute atomic E-state index is 0.838. The molecule has 5 heteroatoms. The molecule has 4 nitrogen and oxygen atoms in total. The number of aromatic nitrogens is 4. The quantitative estimate of drug-likeness (QED) is 0.547. The summed E-state index contributed by atoms with van der Waals surface area (Å²) in [6, 6.07) is 10.5. The molecule has 0 saturated carbocycles. The fourth-order valence-corrected chi connectivity index (χ4v) is 3.60. The third-order valence-electron chi connectivity index (χ3n) is 3.59. The monoisotopic (exact) mass is 282 g/mol. The van der Waals surface area contributed by atoms with Crippen LogP contribution in [0.1, 0.15) is 17.8 Å². The molecule has 3 heterocycles. The number of thioether (sulfide) groups is 1. The highest BCUT2D eigenvalue weighted by molar-refractivity contribution is 7.98. The van der Waals surface area contributed by atoms with Gasteiger partial charge in [-0.2, -0.15) is 0 Å². The Morgan fingerprint density at radius 1 is 1.15 bits per heavy atom. The van der Waals surface area contributed by atoms with Gasteiger partial charge in [0.15, 0.2) is 5.65 Å². The molecule has 0 bridgehead atoms. The van der Waals surface area contributed by atoms with Crippen molar-refractivity contribution in [3.63, 3.8) is 0 Å². The van der Waals surface area contributed by atoms with Crippen LogP contribution in [0.4, 0.5) is 0 Å². The molecule has 1 aliphatic heterocycles. The molecule has 0 aliphatic carbocycles. The largest absolute Gasteiger partial charge is 0.324 e. The van der Waals surface area contributed by atoms with Crippen LogP contribution in [0.2, 0.25) is 0 Å². The minimum atomic E-state index is 0.838. The van der Waals surface area contributed by atoms with E-state index in [0.29, 0.717) is 0 Å². The van der Waals surface area contributed by atoms with E-state index in [1.165, 1.54) is 12.0 Å². The Balaban J connectivity index is 1.69. The summed E-state index contributed by atoms with van der Waals surface area (Å²) in [5.41, 5.74) is 3.26. The Labute approximate surface area is 121 Å². The summed E-state index contributed by atoms with van der Waals surface area (Å²) in [6.45, 7) is 1.04. The highest BCUT2D eigenvalue weighted by atomic mass is 32.2. The summed E-state index contributed by atoms with van der Waals surface area (Å²) >= 11 is 1.76. The fraction of sp³-hybridized carbons (Fsp3) is 0.267. The number of fused-ring (bicyclic) bond motifs is 3. The number of hydrogen-bond donors (Lipinski definition) is 0. The third-order valence-corrected chi connectivity index (χ3v) is 4.64. The standard InChI is InChI=1S/C15H14N4S/c1-2-5-11(6-3-1)9-20-15-13-14(16-10-17-15)18-12-7-4-8-19(12)13/h1-3,5-6,10H,4,7-9H2. The van der Waals surface area contributed by atoms with Gasteiger partial charge in [-0.3, -0.25) is 0 Å². The van der Waals surface area contributed by atoms with E-state index in [-0.39, 0.29) is 0 Å². The molecule has 1 aliphatic rings. The number of nitrogens with zero attached hydrogens (tertiary/aromatic N) is 4. The van der Waals surface area contributed by atoms with Gasteiger partial charge in [0.05, 0.1) is 0 Å². The second-order valence-corrected chi connectivity index (χ2v) is 5.87. The maximum absolute atomic E-state index is 4.61. The first kappa shape index (κ1) is 11.9. The lowest BCUT2D eigenvalue weighted by atomic mass is 10.2. The molecular formula is C15H14N4S. The molecule has 20 heavy (non-hydrogen) atoms. The van der Waals surface area contributed by atoms with Crippen molar-refractivity contribution in [2.24, 2.45) is 0 Å². The zero-order valence-corrected chi connectivity index (χ0v) is 11.8. The van der Waals surface area contributed by atoms with Crippen LogP contribution in [0.15, 0.2) is 41.7 Å². The predicted molar refractivity (Wildman–Crippen MR) is 79.6 cm³/mol. The van der Waals surface area contributed by atoms with E-state index < -0.39 is 0 Å². The summed E-state index contributed by atoms with van der Waals surface area (Å²) in [4.78, 5) is 13.4. The van der Waals surface area contributed by atoms with Crippen molar-refractivity contribution < 1.29 is 0 Å². The van der Waals surface area contributed by atoms with Gasteiger partial charge in [0.1, 0.15) is 22.7 Å². The van der Waals surface area contributed by atoms with Gasteiger partial charge in [-0.1, -0.05) is 42.1 Å². The molecule has 0 radical (unpaired) electrons. The molecule has 0 fully saturated rings. The lowest BCUT2D eigenvalue weighted by Crippen LogP contribution is -1.95. The van der Waals surface area contributed by atoms with Gasteiger partial charge in [-0.25, -0.2) is 15.0 Å². The van der Waals surface area contributed by atoms with Gasteiger partial charge in [-0.05, 0) is 12.0 Å². The minimum Gasteiger partial charge on any atom is -0.324 e. The van der Waals surface area contributed by atoms with Gasteiger partial charge in [-0.15, -0.1) is 0 Å². The van der Waals surface area contributed by atoms with Crippen LogP contribution >= 0.6 is 11.8 Å². The van der Waals surface area contributed by atoms with Gasteiger partial charge >= 0.3 is 0 Å². The van der Waals surface area contributed by atoms with Crippen molar-refractivity contribution in [3.8, 4) is 0 Å². The zero-order valence-electron chi connectivity index (χ0n) is 11.0. The number of rotatable bonds is 3. The van der Waals surface area contributed by atoms with Crippen LogP contribution in [-0.4, -0.2) is 19.5 Å². The van der Waals surface area contributed by atoms with Crippen LogP contribution in [0.5, 0.6) is 0 Å². The topological polar surface area (TPSA) is 43.6 Å². The molecular weight excluding hydrogens is 268 g/mol. The number of imidazole rings is 1. The molecule has 2 aromatic heterocycles. The second-order valence-electron chi connectivity index (χ2n) is 4.91. The maximum Gasteiger partial charge on any atom is 0.182 e. The van der Waals surface area contributed by atoms with E-state index in [0.717, 1.165) is 40.7 Å². The third kappa shape index (κ3) is 1.98. The Kier molecular flexibility index (Phi) is 2.92. The molecule has 0 N–H and O–H groups in total. The van der Waals surface area contributed by atoms with Crippen molar-refractivity contribution in [2.75, 3.05) is 0 Å². The average Bonchev–Trinajstić information content (AvgIpc) is 3.06. The van der Waals surface area contributed by atoms with E-state index in [2.05, 4.69) is 43.8 Å². The highest BCUT2D eigenvalue weighted by Crippen LogP contribution is 2.30. The number of hydrogen-bond acceptors (Lipinski definition) is 4. The number of aryl methyl sites for hydroxylation is 2. The molecule has 0 atom stereocenters. The molecule has 0 saturated heterocycles. The second kappa shape index (κ2) is 4.90. The van der Waals surface area contributed by atoms with Crippen LogP contribution < -0.4 is 0 Å². The summed E-state index contributed by atoms with van der Waals surface area (Å²) in [5, 5.41) is 1.04. The number of benzene rings is 1. The first-order valence-electron chi connectivity index (χ1n) is 6.78. The Morgan fingerprint density at radius 3 is 2.95 bits per heavy atom. The normalized spacial score (nSPS) is 13.8. The summed E-state index contributed by atoms with van der Waals surface area (Å²) < 4.78 is 2.28. The van der Waals surface area contributed by atoms with Crippen LogP contribution in [0.25, 0.3) is 11.2 Å². The molecule has 0 amide bonds. The molecule has 1 aromatic carbocycles. The van der Waals surface area contributed by atoms with Crippen molar-refractivity contribution >= 4 is 22.9 Å². The zero-order chi connectivity index (χ0) is 13.4. The first-order valence-corrected chi connectivity index (χ1v) is 7.77. The van der Waals surface area contributed by atoms with E-state index >= 15 is 0 Å². The maximum atomic E-state index is 4.61. The smallest absolute Gasteiger partial charge is 0.182 e. The molecule has 3 aromatic rings. The SMILES string of the molecule is c1ccc(CSc2ncnc3nc4n(c23)CCC4)cc1. The summed E-state index contributed by atoms with van der Waals surface area (Å²) in [7, 11) is 0. The molecule has 100 valence electrons. The van der Waals surface area contributed by atoms with Gasteiger partial charge in [0.25, 0.3) is 0 Å². The van der Waals surface area contributed by atoms with E-state index in [1.807, 2.05) is 6.07 Å². The van der Waals surface area contributed by atoms with Crippen molar-refractivity contribution in [1.82, 2.24) is 19.5 Å². The van der Waals surface area contributed by atoms with Crippen molar-refractivity contribution in [1.29, 1.82) is 0 Å². The lowest BCUT2D eigenvalue weighted by molar-refractivity contribution is 0.763. The molecule has 4 rings (SSSR count). The van der Waals surface area contributed by atoms with Crippen LogP contribution in [0.3, 0.4) is 0 Å². The fourth-order valence-electron chi connectivity index (χ4n) is 2.64. The van der Waals surface area contributed by atoms with Gasteiger partial charge in [0, 0.05) is 18.7 Å². The van der Waals surface area contributed by atoms with E-state index in [4.69, 9.17) is 0 Å². The Hall–Kier alpha value is -1.88. The lowest BCUT2D eigenvalue weighted by Gasteiger charge is -2.05.